The molecule has 0 N–H and O–H groups in total. The van der Waals surface area contributed by atoms with Gasteiger partial charge in [-0.2, -0.15) is 5.26 Å². The summed E-state index contributed by atoms with van der Waals surface area (Å²) in [6.07, 6.45) is 1.07. The molecule has 0 heterocycles. The Bertz CT molecular complexity index is 160. The average molecular weight is 154 g/mol. The van der Waals surface area contributed by atoms with E-state index >= 15 is 0 Å². The Morgan fingerprint density at radius 2 is 2.27 bits per heavy atom. The molecule has 3 heteroatoms. The molecule has 0 saturated carbocycles. The van der Waals surface area contributed by atoms with Crippen molar-refractivity contribution >= 4 is 5.78 Å². The third kappa shape index (κ3) is 5.56. The highest BCUT2D eigenvalue weighted by Gasteiger charge is 2.02. The number of ketones is 1. The first-order chi connectivity index (χ1) is 5.20. The Hall–Kier alpha value is -0.880. The van der Waals surface area contributed by atoms with Crippen molar-refractivity contribution in [1.29, 1.82) is 5.26 Å². The van der Waals surface area contributed by atoms with Crippen molar-refractivity contribution in [3.05, 3.63) is 0 Å². The number of hydrogen-bond acceptors (Lipinski definition) is 3. The van der Waals surface area contributed by atoms with Crippen molar-refractivity contribution in [3.63, 3.8) is 0 Å². The lowest BCUT2D eigenvalue weighted by Crippen LogP contribution is -2.26. The zero-order valence-corrected chi connectivity index (χ0v) is 7.13. The quantitative estimate of drug-likeness (QED) is 0.588. The van der Waals surface area contributed by atoms with Crippen LogP contribution in [-0.2, 0) is 4.79 Å². The maximum atomic E-state index is 10.9. The van der Waals surface area contributed by atoms with Gasteiger partial charge in [0.25, 0.3) is 0 Å². The van der Waals surface area contributed by atoms with E-state index < -0.39 is 0 Å². The summed E-state index contributed by atoms with van der Waals surface area (Å²) in [4.78, 5) is 12.7. The van der Waals surface area contributed by atoms with E-state index in [1.807, 2.05) is 24.9 Å². The standard InChI is InChI=1S/C8H14N2O/c1-3-8(11)7-10(2)6-4-5-9/h3-4,6-7H2,1-2H3. The minimum Gasteiger partial charge on any atom is -0.298 e. The van der Waals surface area contributed by atoms with Crippen molar-refractivity contribution in [2.75, 3.05) is 20.1 Å². The summed E-state index contributed by atoms with van der Waals surface area (Å²) in [6.45, 7) is 3.00. The average Bonchev–Trinajstić information content (AvgIpc) is 2.00. The van der Waals surface area contributed by atoms with Crippen LogP contribution in [0.25, 0.3) is 0 Å². The highest BCUT2D eigenvalue weighted by atomic mass is 16.1. The highest BCUT2D eigenvalue weighted by molar-refractivity contribution is 5.80. The molecule has 3 nitrogen and oxygen atoms in total. The first kappa shape index (κ1) is 10.1. The van der Waals surface area contributed by atoms with Gasteiger partial charge in [0.15, 0.2) is 0 Å². The predicted molar refractivity (Wildman–Crippen MR) is 43.0 cm³/mol. The predicted octanol–water partition coefficient (Wildman–Crippen LogP) is 0.811. The maximum absolute atomic E-state index is 10.9. The van der Waals surface area contributed by atoms with Gasteiger partial charge in [-0.15, -0.1) is 0 Å². The molecule has 0 bridgehead atoms. The molecule has 0 radical (unpaired) electrons. The molecule has 0 atom stereocenters. The normalized spacial score (nSPS) is 9.64. The van der Waals surface area contributed by atoms with E-state index in [1.165, 1.54) is 0 Å². The van der Waals surface area contributed by atoms with Crippen LogP contribution in [0.4, 0.5) is 0 Å². The van der Waals surface area contributed by atoms with Gasteiger partial charge in [-0.05, 0) is 7.05 Å². The number of hydrogen-bond donors (Lipinski definition) is 0. The Morgan fingerprint density at radius 1 is 1.64 bits per heavy atom. The SMILES string of the molecule is CCC(=O)CN(C)CCC#N. The fraction of sp³-hybridized carbons (Fsp3) is 0.750. The summed E-state index contributed by atoms with van der Waals surface area (Å²) in [5.74, 6) is 0.227. The molecule has 0 saturated heterocycles. The van der Waals surface area contributed by atoms with Gasteiger partial charge in [0.1, 0.15) is 5.78 Å². The highest BCUT2D eigenvalue weighted by Crippen LogP contribution is 1.88. The van der Waals surface area contributed by atoms with E-state index in [-0.39, 0.29) is 5.78 Å². The lowest BCUT2D eigenvalue weighted by molar-refractivity contribution is -0.119. The van der Waals surface area contributed by atoms with E-state index in [2.05, 4.69) is 0 Å². The van der Waals surface area contributed by atoms with Crippen molar-refractivity contribution in [1.82, 2.24) is 4.90 Å². The second-order valence-electron chi connectivity index (χ2n) is 2.54. The van der Waals surface area contributed by atoms with Gasteiger partial charge in [0, 0.05) is 19.4 Å². The first-order valence-corrected chi connectivity index (χ1v) is 3.78. The number of likely N-dealkylation sites (N-methyl/N-ethyl adjacent to an activating group) is 1. The van der Waals surface area contributed by atoms with Gasteiger partial charge in [-0.1, -0.05) is 6.92 Å². The Morgan fingerprint density at radius 3 is 2.73 bits per heavy atom. The fourth-order valence-electron chi connectivity index (χ4n) is 0.733. The maximum Gasteiger partial charge on any atom is 0.146 e. The van der Waals surface area contributed by atoms with Crippen molar-refractivity contribution in [2.45, 2.75) is 19.8 Å². The summed E-state index contributed by atoms with van der Waals surface area (Å²) >= 11 is 0. The summed E-state index contributed by atoms with van der Waals surface area (Å²) in [7, 11) is 1.85. The molecular formula is C8H14N2O. The van der Waals surface area contributed by atoms with E-state index in [4.69, 9.17) is 5.26 Å². The Kier molecular flexibility index (Phi) is 5.40. The van der Waals surface area contributed by atoms with Crippen molar-refractivity contribution in [2.24, 2.45) is 0 Å². The van der Waals surface area contributed by atoms with Gasteiger partial charge in [-0.25, -0.2) is 0 Å². The van der Waals surface area contributed by atoms with Crippen LogP contribution >= 0.6 is 0 Å². The smallest absolute Gasteiger partial charge is 0.146 e. The summed E-state index contributed by atoms with van der Waals surface area (Å²) in [5, 5.41) is 8.24. The van der Waals surface area contributed by atoms with Crippen molar-refractivity contribution < 1.29 is 4.79 Å². The van der Waals surface area contributed by atoms with Gasteiger partial charge >= 0.3 is 0 Å². The van der Waals surface area contributed by atoms with Crippen LogP contribution in [0.5, 0.6) is 0 Å². The van der Waals surface area contributed by atoms with E-state index in [0.717, 1.165) is 0 Å². The molecule has 0 amide bonds. The van der Waals surface area contributed by atoms with Crippen LogP contribution in [0.2, 0.25) is 0 Å². The molecule has 11 heavy (non-hydrogen) atoms. The zero-order valence-electron chi connectivity index (χ0n) is 7.13. The Labute approximate surface area is 67.6 Å². The zero-order chi connectivity index (χ0) is 8.69. The summed E-state index contributed by atoms with van der Waals surface area (Å²) in [5.41, 5.74) is 0. The lowest BCUT2D eigenvalue weighted by atomic mass is 10.3. The van der Waals surface area contributed by atoms with Gasteiger partial charge in [-0.3, -0.25) is 9.69 Å². The second-order valence-corrected chi connectivity index (χ2v) is 2.54. The largest absolute Gasteiger partial charge is 0.298 e. The van der Waals surface area contributed by atoms with Crippen molar-refractivity contribution in [3.8, 4) is 6.07 Å². The molecule has 0 fully saturated rings. The molecule has 0 aromatic heterocycles. The summed E-state index contributed by atoms with van der Waals surface area (Å²) in [6, 6.07) is 2.04. The third-order valence-corrected chi connectivity index (χ3v) is 1.45. The molecule has 0 aromatic rings. The number of nitriles is 1. The molecule has 0 spiro atoms. The van der Waals surface area contributed by atoms with E-state index in [9.17, 15) is 4.79 Å². The molecule has 0 unspecified atom stereocenters. The molecule has 0 aliphatic carbocycles. The summed E-state index contributed by atoms with van der Waals surface area (Å²) < 4.78 is 0. The Balaban J connectivity index is 3.45. The molecule has 62 valence electrons. The topological polar surface area (TPSA) is 44.1 Å². The van der Waals surface area contributed by atoms with Crippen LogP contribution in [0.3, 0.4) is 0 Å². The molecular weight excluding hydrogens is 140 g/mol. The number of carbonyl (C=O) groups excluding carboxylic acids is 1. The van der Waals surface area contributed by atoms with Crippen LogP contribution in [-0.4, -0.2) is 30.8 Å². The van der Waals surface area contributed by atoms with Gasteiger partial charge < -0.3 is 0 Å². The number of nitrogens with zero attached hydrogens (tertiary/aromatic N) is 2. The van der Waals surface area contributed by atoms with Crippen LogP contribution in [0.15, 0.2) is 0 Å². The molecule has 0 aliphatic heterocycles. The van der Waals surface area contributed by atoms with Gasteiger partial charge in [0.2, 0.25) is 0 Å². The fourth-order valence-corrected chi connectivity index (χ4v) is 0.733. The monoisotopic (exact) mass is 154 g/mol. The molecule has 0 aromatic carbocycles. The lowest BCUT2D eigenvalue weighted by Gasteiger charge is -2.12. The first-order valence-electron chi connectivity index (χ1n) is 3.78. The number of rotatable bonds is 5. The van der Waals surface area contributed by atoms with Crippen LogP contribution in [0.1, 0.15) is 19.8 Å². The van der Waals surface area contributed by atoms with Crippen LogP contribution in [0, 0.1) is 11.3 Å². The molecule has 0 aliphatic rings. The third-order valence-electron chi connectivity index (χ3n) is 1.45. The number of Topliss-reactive ketones (excluding diaryl/α,β-unsaturated/α-hetero) is 1. The van der Waals surface area contributed by atoms with Gasteiger partial charge in [0.05, 0.1) is 12.6 Å². The minimum atomic E-state index is 0.227. The van der Waals surface area contributed by atoms with Crippen LogP contribution < -0.4 is 0 Å². The van der Waals surface area contributed by atoms with E-state index in [0.29, 0.717) is 25.9 Å². The molecule has 0 rings (SSSR count). The van der Waals surface area contributed by atoms with E-state index in [1.54, 1.807) is 0 Å². The second kappa shape index (κ2) is 5.87. The minimum absolute atomic E-state index is 0.227. The number of carbonyl (C=O) groups is 1.